The molecule has 0 unspecified atom stereocenters. The molecule has 201 valence electrons. The second-order valence-corrected chi connectivity index (χ2v) is 11.2. The van der Waals surface area contributed by atoms with Gasteiger partial charge in [0.2, 0.25) is 0 Å². The van der Waals surface area contributed by atoms with Crippen LogP contribution in [0.25, 0.3) is 21.8 Å². The van der Waals surface area contributed by atoms with Crippen molar-refractivity contribution in [3.05, 3.63) is 59.3 Å². The molecule has 0 amide bonds. The molecule has 0 saturated carbocycles. The molecule has 1 radical (unpaired) electrons. The average Bonchev–Trinajstić information content (AvgIpc) is 3.39. The van der Waals surface area contributed by atoms with Crippen LogP contribution in [0.5, 0.6) is 0 Å². The number of fused-ring (bicyclic) bond motifs is 2. The van der Waals surface area contributed by atoms with Crippen LogP contribution in [0, 0.1) is 0 Å². The molecule has 0 fully saturated rings. The van der Waals surface area contributed by atoms with Crippen molar-refractivity contribution in [3.63, 3.8) is 0 Å². The van der Waals surface area contributed by atoms with Crippen LogP contribution >= 0.6 is 28.7 Å². The van der Waals surface area contributed by atoms with Crippen LogP contribution in [0.1, 0.15) is 41.5 Å². The van der Waals surface area contributed by atoms with Gasteiger partial charge >= 0.3 is 36.9 Å². The molecule has 0 atom stereocenters. The molecule has 4 aromatic rings. The van der Waals surface area contributed by atoms with E-state index in [4.69, 9.17) is 20.9 Å². The number of carbonyl (C=O) groups excluding carboxylic acids is 2. The van der Waals surface area contributed by atoms with E-state index in [2.05, 4.69) is 40.7 Å². The topological polar surface area (TPSA) is 127 Å². The SMILES string of the molecule is CC(C)(C)OC(=O)n1ccc2c(Br)c(N)ccc21.CC(C)(C)OC(=O)n1ccc2cc(N)ccc21.[B]=NS. The normalized spacial score (nSPS) is 11.1. The van der Waals surface area contributed by atoms with Gasteiger partial charge in [0.25, 0.3) is 0 Å². The maximum absolute atomic E-state index is 12.0. The third-order valence-electron chi connectivity index (χ3n) is 4.73. The van der Waals surface area contributed by atoms with Crippen molar-refractivity contribution in [1.29, 1.82) is 0 Å². The number of anilines is 2. The zero-order valence-corrected chi connectivity index (χ0v) is 24.7. The molecule has 0 aliphatic heterocycles. The van der Waals surface area contributed by atoms with Gasteiger partial charge in [-0.15, -0.1) is 0 Å². The van der Waals surface area contributed by atoms with Gasteiger partial charge in [-0.3, -0.25) is 9.13 Å². The Hall–Kier alpha value is -3.25. The molecule has 2 aromatic carbocycles. The van der Waals surface area contributed by atoms with Gasteiger partial charge in [0, 0.05) is 39.0 Å². The molecule has 0 bridgehead atoms. The number of aromatic nitrogens is 2. The van der Waals surface area contributed by atoms with Crippen molar-refractivity contribution in [2.45, 2.75) is 52.7 Å². The number of carbonyl (C=O) groups is 2. The molecule has 4 rings (SSSR count). The van der Waals surface area contributed by atoms with Crippen molar-refractivity contribution in [1.82, 2.24) is 9.13 Å². The summed E-state index contributed by atoms with van der Waals surface area (Å²) >= 11 is 6.61. The molecular weight excluding hydrogens is 569 g/mol. The maximum atomic E-state index is 12.0. The van der Waals surface area contributed by atoms with E-state index in [-0.39, 0.29) is 6.09 Å². The number of halogens is 1. The minimum absolute atomic E-state index is 0.378. The third kappa shape index (κ3) is 8.39. The first kappa shape index (κ1) is 31.0. The summed E-state index contributed by atoms with van der Waals surface area (Å²) in [4.78, 5) is 24.0. The van der Waals surface area contributed by atoms with Crippen molar-refractivity contribution in [3.8, 4) is 0 Å². The van der Waals surface area contributed by atoms with Gasteiger partial charge in [0.15, 0.2) is 0 Å². The predicted octanol–water partition coefficient (Wildman–Crippen LogP) is 6.96. The Labute approximate surface area is 237 Å². The van der Waals surface area contributed by atoms with E-state index in [1.807, 2.05) is 65.8 Å². The van der Waals surface area contributed by atoms with Crippen LogP contribution in [0.4, 0.5) is 21.0 Å². The summed E-state index contributed by atoms with van der Waals surface area (Å²) in [6.45, 7) is 11.0. The Kier molecular flexibility index (Phi) is 10.2. The zero-order valence-electron chi connectivity index (χ0n) is 22.2. The average molecular weight is 601 g/mol. The van der Waals surface area contributed by atoms with Crippen molar-refractivity contribution in [2.75, 3.05) is 11.5 Å². The Bertz CT molecular complexity index is 1450. The summed E-state index contributed by atoms with van der Waals surface area (Å²) in [5.41, 5.74) is 13.4. The summed E-state index contributed by atoms with van der Waals surface area (Å²) in [6, 6.07) is 12.6. The fourth-order valence-corrected chi connectivity index (χ4v) is 3.77. The molecule has 38 heavy (non-hydrogen) atoms. The van der Waals surface area contributed by atoms with E-state index in [1.165, 1.54) is 9.13 Å². The second kappa shape index (κ2) is 12.5. The van der Waals surface area contributed by atoms with Crippen LogP contribution in [-0.4, -0.2) is 40.2 Å². The first-order chi connectivity index (χ1) is 17.6. The number of nitrogens with zero attached hydrogens (tertiary/aromatic N) is 3. The molecule has 12 heteroatoms. The summed E-state index contributed by atoms with van der Waals surface area (Å²) in [7, 11) is 4.34. The fourth-order valence-electron chi connectivity index (χ4n) is 3.30. The molecule has 0 saturated heterocycles. The monoisotopic (exact) mass is 600 g/mol. The van der Waals surface area contributed by atoms with Gasteiger partial charge in [-0.05, 0) is 99.9 Å². The molecule has 4 N–H and O–H groups in total. The predicted molar refractivity (Wildman–Crippen MR) is 161 cm³/mol. The summed E-state index contributed by atoms with van der Waals surface area (Å²) in [5.74, 6) is 0. The number of benzene rings is 2. The van der Waals surface area contributed by atoms with E-state index < -0.39 is 17.3 Å². The van der Waals surface area contributed by atoms with Gasteiger partial charge < -0.3 is 20.9 Å². The van der Waals surface area contributed by atoms with Crippen LogP contribution in [-0.2, 0) is 9.47 Å². The molecule has 0 spiro atoms. The number of nitrogens with two attached hydrogens (primary N) is 2. The Balaban J connectivity index is 0.000000242. The zero-order chi connectivity index (χ0) is 28.8. The Morgan fingerprint density at radius 3 is 1.87 bits per heavy atom. The Morgan fingerprint density at radius 1 is 0.868 bits per heavy atom. The van der Waals surface area contributed by atoms with Crippen molar-refractivity contribution >= 4 is 81.8 Å². The second-order valence-electron chi connectivity index (χ2n) is 10.2. The van der Waals surface area contributed by atoms with Crippen LogP contribution in [0.3, 0.4) is 0 Å². The third-order valence-corrected chi connectivity index (χ3v) is 5.62. The van der Waals surface area contributed by atoms with Gasteiger partial charge in [-0.2, -0.15) is 0 Å². The minimum atomic E-state index is -0.515. The number of hydrogen-bond donors (Lipinski definition) is 3. The molecule has 2 heterocycles. The van der Waals surface area contributed by atoms with E-state index in [1.54, 1.807) is 30.6 Å². The van der Waals surface area contributed by atoms with E-state index in [0.717, 1.165) is 26.3 Å². The van der Waals surface area contributed by atoms with E-state index in [0.29, 0.717) is 11.4 Å². The van der Waals surface area contributed by atoms with E-state index in [9.17, 15) is 9.59 Å². The number of hydrogen-bond acceptors (Lipinski definition) is 8. The molecule has 0 aliphatic carbocycles. The van der Waals surface area contributed by atoms with Gasteiger partial charge in [0.1, 0.15) is 11.2 Å². The molecule has 0 aliphatic rings. The number of nitrogen functional groups attached to an aromatic ring is 2. The quantitative estimate of drug-likeness (QED) is 0.114. The van der Waals surface area contributed by atoms with Crippen LogP contribution in [0.15, 0.2) is 63.6 Å². The Morgan fingerprint density at radius 2 is 1.34 bits per heavy atom. The fraction of sp³-hybridized carbons (Fsp3) is 0.308. The first-order valence-electron chi connectivity index (χ1n) is 11.5. The first-order valence-corrected chi connectivity index (χ1v) is 12.7. The van der Waals surface area contributed by atoms with Crippen molar-refractivity contribution in [2.24, 2.45) is 4.30 Å². The van der Waals surface area contributed by atoms with Gasteiger partial charge in [-0.25, -0.2) is 9.59 Å². The number of thiol groups is 1. The molecule has 9 nitrogen and oxygen atoms in total. The van der Waals surface area contributed by atoms with Gasteiger partial charge in [0.05, 0.1) is 11.0 Å². The van der Waals surface area contributed by atoms with Gasteiger partial charge in [-0.1, -0.05) is 0 Å². The summed E-state index contributed by atoms with van der Waals surface area (Å²) in [5, 5.41) is 1.82. The van der Waals surface area contributed by atoms with E-state index >= 15 is 0 Å². The summed E-state index contributed by atoms with van der Waals surface area (Å²) < 4.78 is 17.1. The standard InChI is InChI=1S/C13H15BrN2O2.C13H16N2O2.BHNS/c1-13(2,3)18-12(17)16-7-6-8-10(16)5-4-9(15)11(8)14;1-13(2,3)17-12(16)15-7-6-9-8-10(14)4-5-11(9)15;1-2-3/h4-7H,15H2,1-3H3;4-8H,14H2,1-3H3;3H. The molecular formula is C26H32BBrN5O4S. The molecule has 2 aromatic heterocycles. The van der Waals surface area contributed by atoms with Crippen LogP contribution < -0.4 is 11.5 Å². The number of rotatable bonds is 0. The number of ether oxygens (including phenoxy) is 2. The van der Waals surface area contributed by atoms with Crippen LogP contribution in [0.2, 0.25) is 0 Å². The van der Waals surface area contributed by atoms with Crippen molar-refractivity contribution < 1.29 is 19.1 Å². The summed E-state index contributed by atoms with van der Waals surface area (Å²) in [6.07, 6.45) is 2.60.